The Morgan fingerprint density at radius 3 is 3.25 bits per heavy atom. The summed E-state index contributed by atoms with van der Waals surface area (Å²) in [5, 5.41) is 7.85. The van der Waals surface area contributed by atoms with Gasteiger partial charge in [-0.3, -0.25) is 4.68 Å². The van der Waals surface area contributed by atoms with Gasteiger partial charge in [0.2, 0.25) is 0 Å². The zero-order valence-electron chi connectivity index (χ0n) is 11.6. The van der Waals surface area contributed by atoms with Gasteiger partial charge in [0, 0.05) is 25.3 Å². The van der Waals surface area contributed by atoms with Gasteiger partial charge in [-0.1, -0.05) is 18.2 Å². The van der Waals surface area contributed by atoms with E-state index in [1.54, 1.807) is 7.11 Å². The van der Waals surface area contributed by atoms with Crippen molar-refractivity contribution in [2.75, 3.05) is 25.6 Å². The fraction of sp³-hybridized carbons (Fsp3) is 0.400. The van der Waals surface area contributed by atoms with E-state index in [4.69, 9.17) is 9.47 Å². The number of hydrogen-bond donors (Lipinski definition) is 1. The van der Waals surface area contributed by atoms with Crippen molar-refractivity contribution in [2.24, 2.45) is 0 Å². The van der Waals surface area contributed by atoms with Crippen molar-refractivity contribution in [2.45, 2.75) is 19.0 Å². The molecule has 0 amide bonds. The molecule has 3 rings (SSSR count). The molecule has 1 atom stereocenters. The molecule has 0 spiro atoms. The van der Waals surface area contributed by atoms with Gasteiger partial charge in [-0.15, -0.1) is 0 Å². The highest BCUT2D eigenvalue weighted by molar-refractivity contribution is 5.46. The summed E-state index contributed by atoms with van der Waals surface area (Å²) in [5.41, 5.74) is 2.24. The molecule has 1 unspecified atom stereocenters. The van der Waals surface area contributed by atoms with Gasteiger partial charge in [0.25, 0.3) is 0 Å². The molecule has 0 bridgehead atoms. The van der Waals surface area contributed by atoms with E-state index < -0.39 is 0 Å². The normalized spacial score (nSPS) is 17.4. The molecule has 20 heavy (non-hydrogen) atoms. The first kappa shape index (κ1) is 13.0. The molecule has 5 nitrogen and oxygen atoms in total. The van der Waals surface area contributed by atoms with Crippen LogP contribution in [-0.2, 0) is 11.3 Å². The van der Waals surface area contributed by atoms with Crippen LogP contribution in [0.15, 0.2) is 36.7 Å². The van der Waals surface area contributed by atoms with Crippen molar-refractivity contribution in [3.63, 3.8) is 0 Å². The molecule has 0 saturated heterocycles. The maximum absolute atomic E-state index is 5.67. The summed E-state index contributed by atoms with van der Waals surface area (Å²) < 4.78 is 12.6. The van der Waals surface area contributed by atoms with Crippen LogP contribution in [0.3, 0.4) is 0 Å². The monoisotopic (exact) mass is 273 g/mol. The molecule has 1 aromatic carbocycles. The van der Waals surface area contributed by atoms with Gasteiger partial charge >= 0.3 is 0 Å². The molecule has 5 heteroatoms. The zero-order valence-corrected chi connectivity index (χ0v) is 11.6. The largest absolute Gasteiger partial charge is 0.493 e. The molecule has 0 aliphatic carbocycles. The van der Waals surface area contributed by atoms with Gasteiger partial charge < -0.3 is 14.8 Å². The molecule has 1 N–H and O–H groups in total. The van der Waals surface area contributed by atoms with Gasteiger partial charge in [-0.05, 0) is 6.07 Å². The molecule has 1 aliphatic heterocycles. The lowest BCUT2D eigenvalue weighted by atomic mass is 10.0. The maximum Gasteiger partial charge on any atom is 0.124 e. The number of para-hydroxylation sites is 1. The third-order valence-electron chi connectivity index (χ3n) is 3.46. The molecule has 106 valence electrons. The summed E-state index contributed by atoms with van der Waals surface area (Å²) in [6.45, 7) is 2.18. The van der Waals surface area contributed by atoms with E-state index in [-0.39, 0.29) is 6.04 Å². The van der Waals surface area contributed by atoms with E-state index in [9.17, 15) is 0 Å². The van der Waals surface area contributed by atoms with E-state index >= 15 is 0 Å². The van der Waals surface area contributed by atoms with Crippen molar-refractivity contribution >= 4 is 5.69 Å². The molecule has 0 fully saturated rings. The van der Waals surface area contributed by atoms with Crippen LogP contribution in [0.4, 0.5) is 5.69 Å². The topological polar surface area (TPSA) is 48.3 Å². The fourth-order valence-corrected chi connectivity index (χ4v) is 2.44. The number of rotatable bonds is 5. The summed E-state index contributed by atoms with van der Waals surface area (Å²) in [6, 6.07) is 8.46. The number of hydrogen-bond acceptors (Lipinski definition) is 4. The Bertz CT molecular complexity index is 568. The highest BCUT2D eigenvalue weighted by Gasteiger charge is 2.21. The van der Waals surface area contributed by atoms with Crippen molar-refractivity contribution in [1.29, 1.82) is 0 Å². The number of aromatic nitrogens is 2. The standard InChI is InChI=1S/C15H19N3O2/c1-19-9-7-18-11-12(10-16-18)17-14-6-8-20-15-5-3-2-4-13(14)15/h2-5,10-11,14,17H,6-9H2,1H3. The van der Waals surface area contributed by atoms with Crippen molar-refractivity contribution < 1.29 is 9.47 Å². The van der Waals surface area contributed by atoms with Gasteiger partial charge in [0.05, 0.1) is 37.7 Å². The molecule has 1 aromatic heterocycles. The minimum Gasteiger partial charge on any atom is -0.493 e. The third kappa shape index (κ3) is 2.77. The first-order valence-electron chi connectivity index (χ1n) is 6.86. The van der Waals surface area contributed by atoms with E-state index in [1.165, 1.54) is 5.56 Å². The zero-order chi connectivity index (χ0) is 13.8. The van der Waals surface area contributed by atoms with Gasteiger partial charge in [0.15, 0.2) is 0 Å². The van der Waals surface area contributed by atoms with Crippen LogP contribution in [0.2, 0.25) is 0 Å². The Morgan fingerprint density at radius 1 is 1.45 bits per heavy atom. The van der Waals surface area contributed by atoms with Crippen LogP contribution in [0.1, 0.15) is 18.0 Å². The number of ether oxygens (including phenoxy) is 2. The summed E-state index contributed by atoms with van der Waals surface area (Å²) in [7, 11) is 1.70. The number of anilines is 1. The van der Waals surface area contributed by atoms with Gasteiger partial charge in [-0.25, -0.2) is 0 Å². The molecular formula is C15H19N3O2. The minimum atomic E-state index is 0.278. The number of nitrogens with one attached hydrogen (secondary N) is 1. The van der Waals surface area contributed by atoms with Gasteiger partial charge in [0.1, 0.15) is 5.75 Å². The first-order chi connectivity index (χ1) is 9.86. The van der Waals surface area contributed by atoms with Crippen LogP contribution in [0, 0.1) is 0 Å². The Morgan fingerprint density at radius 2 is 2.35 bits per heavy atom. The Kier molecular flexibility index (Phi) is 3.87. The number of fused-ring (bicyclic) bond motifs is 1. The molecule has 0 saturated carbocycles. The maximum atomic E-state index is 5.67. The highest BCUT2D eigenvalue weighted by Crippen LogP contribution is 2.33. The quantitative estimate of drug-likeness (QED) is 0.909. The molecule has 2 aromatic rings. The van der Waals surface area contributed by atoms with Crippen molar-refractivity contribution in [3.05, 3.63) is 42.2 Å². The Labute approximate surface area is 118 Å². The van der Waals surface area contributed by atoms with E-state index in [0.29, 0.717) is 6.61 Å². The fourth-order valence-electron chi connectivity index (χ4n) is 2.44. The van der Waals surface area contributed by atoms with Crippen LogP contribution < -0.4 is 10.1 Å². The Hall–Kier alpha value is -2.01. The van der Waals surface area contributed by atoms with Gasteiger partial charge in [-0.2, -0.15) is 5.10 Å². The predicted molar refractivity (Wildman–Crippen MR) is 77.0 cm³/mol. The predicted octanol–water partition coefficient (Wildman–Crippen LogP) is 2.47. The second-order valence-corrected chi connectivity index (χ2v) is 4.86. The summed E-state index contributed by atoms with van der Waals surface area (Å²) in [5.74, 6) is 0.975. The first-order valence-corrected chi connectivity index (χ1v) is 6.86. The minimum absolute atomic E-state index is 0.278. The SMILES string of the molecule is COCCn1cc(NC2CCOc3ccccc32)cn1. The van der Waals surface area contributed by atoms with Crippen LogP contribution in [0.5, 0.6) is 5.75 Å². The van der Waals surface area contributed by atoms with Crippen molar-refractivity contribution in [1.82, 2.24) is 9.78 Å². The summed E-state index contributed by atoms with van der Waals surface area (Å²) in [4.78, 5) is 0. The van der Waals surface area contributed by atoms with Crippen LogP contribution >= 0.6 is 0 Å². The van der Waals surface area contributed by atoms with E-state index in [2.05, 4.69) is 16.5 Å². The van der Waals surface area contributed by atoms with E-state index in [1.807, 2.05) is 35.3 Å². The van der Waals surface area contributed by atoms with E-state index in [0.717, 1.165) is 31.0 Å². The summed E-state index contributed by atoms with van der Waals surface area (Å²) >= 11 is 0. The van der Waals surface area contributed by atoms with Crippen LogP contribution in [0.25, 0.3) is 0 Å². The average molecular weight is 273 g/mol. The average Bonchev–Trinajstić information content (AvgIpc) is 2.93. The second-order valence-electron chi connectivity index (χ2n) is 4.86. The summed E-state index contributed by atoms with van der Waals surface area (Å²) in [6.07, 6.45) is 4.82. The molecular weight excluding hydrogens is 254 g/mol. The van der Waals surface area contributed by atoms with Crippen molar-refractivity contribution in [3.8, 4) is 5.75 Å². The lowest BCUT2D eigenvalue weighted by Crippen LogP contribution is -2.20. The lowest BCUT2D eigenvalue weighted by Gasteiger charge is -2.26. The number of methoxy groups -OCH3 is 1. The smallest absolute Gasteiger partial charge is 0.124 e. The second kappa shape index (κ2) is 5.96. The van der Waals surface area contributed by atoms with Crippen LogP contribution in [-0.4, -0.2) is 30.1 Å². The molecule has 1 aliphatic rings. The molecule has 0 radical (unpaired) electrons. The number of nitrogens with zero attached hydrogens (tertiary/aromatic N) is 2. The Balaban J connectivity index is 1.71. The molecule has 2 heterocycles. The highest BCUT2D eigenvalue weighted by atomic mass is 16.5. The third-order valence-corrected chi connectivity index (χ3v) is 3.46. The number of benzene rings is 1. The lowest BCUT2D eigenvalue weighted by molar-refractivity contribution is 0.183.